The van der Waals surface area contributed by atoms with Gasteiger partial charge in [0.25, 0.3) is 0 Å². The number of hydrogen-bond donors (Lipinski definition) is 0. The predicted molar refractivity (Wildman–Crippen MR) is 115 cm³/mol. The van der Waals surface area contributed by atoms with Crippen LogP contribution in [0.5, 0.6) is 0 Å². The van der Waals surface area contributed by atoms with Crippen LogP contribution in [0.25, 0.3) is 32.9 Å². The van der Waals surface area contributed by atoms with Crippen molar-refractivity contribution in [1.82, 2.24) is 9.97 Å². The number of para-hydroxylation sites is 1. The molecule has 2 nitrogen and oxygen atoms in total. The molecule has 0 saturated carbocycles. The molecule has 2 aromatic carbocycles. The number of fused-ring (bicyclic) bond motifs is 3. The second-order valence-corrected chi connectivity index (χ2v) is 13.4. The van der Waals surface area contributed by atoms with Gasteiger partial charge in [0.1, 0.15) is 5.82 Å². The summed E-state index contributed by atoms with van der Waals surface area (Å²) in [6.45, 7) is 11.0. The van der Waals surface area contributed by atoms with Crippen LogP contribution >= 0.6 is 0 Å². The minimum atomic E-state index is -1.60. The molecule has 0 aliphatic carbocycles. The molecule has 0 bridgehead atoms. The molecular formula is C23H23FN2Si. The van der Waals surface area contributed by atoms with E-state index in [-0.39, 0.29) is 5.82 Å². The topological polar surface area (TPSA) is 25.8 Å². The van der Waals surface area contributed by atoms with Crippen molar-refractivity contribution in [1.29, 1.82) is 0 Å². The summed E-state index contributed by atoms with van der Waals surface area (Å²) in [5.74, 6) is -0.293. The van der Waals surface area contributed by atoms with Crippen LogP contribution in [-0.4, -0.2) is 18.0 Å². The number of aromatic nitrogens is 2. The number of rotatable bonds is 2. The summed E-state index contributed by atoms with van der Waals surface area (Å²) in [6, 6.07) is 12.4. The molecule has 0 spiro atoms. The van der Waals surface area contributed by atoms with E-state index in [1.54, 1.807) is 6.20 Å². The number of benzene rings is 2. The van der Waals surface area contributed by atoms with E-state index in [0.29, 0.717) is 5.39 Å². The lowest BCUT2D eigenvalue weighted by Gasteiger charge is -2.19. The molecule has 4 heteroatoms. The Morgan fingerprint density at radius 1 is 0.852 bits per heavy atom. The molecule has 0 amide bonds. The molecule has 2 aromatic heterocycles. The van der Waals surface area contributed by atoms with Crippen molar-refractivity contribution >= 4 is 34.9 Å². The fourth-order valence-corrected chi connectivity index (χ4v) is 5.37. The standard InChI is InChI=1S/C23H23FN2Si/c1-14-9-15(2)11-16(10-14)22-18-12-25-23-17(21(18)19(24)13-26-22)7-6-8-20(23)27(3,4)5/h6-13H,1-5H3. The van der Waals surface area contributed by atoms with Crippen molar-refractivity contribution < 1.29 is 4.39 Å². The van der Waals surface area contributed by atoms with Crippen LogP contribution in [0.2, 0.25) is 19.6 Å². The third-order valence-corrected chi connectivity index (χ3v) is 7.02. The molecule has 0 fully saturated rings. The van der Waals surface area contributed by atoms with E-state index in [2.05, 4.69) is 62.7 Å². The number of hydrogen-bond acceptors (Lipinski definition) is 2. The third-order valence-electron chi connectivity index (χ3n) is 5.00. The van der Waals surface area contributed by atoms with E-state index in [4.69, 9.17) is 4.98 Å². The van der Waals surface area contributed by atoms with Gasteiger partial charge >= 0.3 is 0 Å². The molecule has 0 atom stereocenters. The second-order valence-electron chi connectivity index (χ2n) is 8.33. The zero-order valence-corrected chi connectivity index (χ0v) is 17.4. The quantitative estimate of drug-likeness (QED) is 0.330. The summed E-state index contributed by atoms with van der Waals surface area (Å²) >= 11 is 0. The zero-order chi connectivity index (χ0) is 19.3. The number of pyridine rings is 2. The Bertz CT molecular complexity index is 1170. The Morgan fingerprint density at radius 3 is 2.22 bits per heavy atom. The number of aryl methyl sites for hydroxylation is 2. The molecule has 136 valence electrons. The first kappa shape index (κ1) is 17.8. The van der Waals surface area contributed by atoms with E-state index in [9.17, 15) is 4.39 Å². The summed E-state index contributed by atoms with van der Waals surface area (Å²) in [5, 5.41) is 3.51. The van der Waals surface area contributed by atoms with E-state index in [1.165, 1.54) is 22.5 Å². The molecule has 0 N–H and O–H groups in total. The van der Waals surface area contributed by atoms with E-state index >= 15 is 0 Å². The van der Waals surface area contributed by atoms with Crippen molar-refractivity contribution in [2.45, 2.75) is 33.5 Å². The van der Waals surface area contributed by atoms with E-state index < -0.39 is 8.07 Å². The Hall–Kier alpha value is -2.59. The maximum Gasteiger partial charge on any atom is 0.150 e. The van der Waals surface area contributed by atoms with Crippen molar-refractivity contribution in [2.75, 3.05) is 0 Å². The molecule has 0 aliphatic rings. The molecule has 27 heavy (non-hydrogen) atoms. The van der Waals surface area contributed by atoms with Gasteiger partial charge in [-0.25, -0.2) is 4.39 Å². The Labute approximate surface area is 160 Å². The Morgan fingerprint density at radius 2 is 1.56 bits per heavy atom. The van der Waals surface area contributed by atoms with Gasteiger partial charge in [-0.05, 0) is 31.2 Å². The minimum absolute atomic E-state index is 0.293. The van der Waals surface area contributed by atoms with Crippen LogP contribution in [0.15, 0.2) is 48.8 Å². The SMILES string of the molecule is Cc1cc(C)cc(-c2ncc(F)c3c2cnc2c([Si](C)(C)C)cccc23)c1. The maximum atomic E-state index is 14.9. The first-order valence-corrected chi connectivity index (χ1v) is 12.7. The zero-order valence-electron chi connectivity index (χ0n) is 16.4. The van der Waals surface area contributed by atoms with Gasteiger partial charge in [-0.3, -0.25) is 9.97 Å². The first-order valence-electron chi connectivity index (χ1n) is 9.21. The largest absolute Gasteiger partial charge is 0.256 e. The predicted octanol–water partition coefficient (Wildman–Crippen LogP) is 5.75. The summed E-state index contributed by atoms with van der Waals surface area (Å²) in [7, 11) is -1.60. The summed E-state index contributed by atoms with van der Waals surface area (Å²) < 4.78 is 14.9. The molecule has 0 aliphatic heterocycles. The van der Waals surface area contributed by atoms with Crippen LogP contribution in [0.3, 0.4) is 0 Å². The lowest BCUT2D eigenvalue weighted by Crippen LogP contribution is -2.38. The highest BCUT2D eigenvalue weighted by atomic mass is 28.3. The molecule has 4 aromatic rings. The highest BCUT2D eigenvalue weighted by Gasteiger charge is 2.22. The van der Waals surface area contributed by atoms with Crippen molar-refractivity contribution in [3.8, 4) is 11.3 Å². The Balaban J connectivity index is 2.11. The summed E-state index contributed by atoms with van der Waals surface area (Å²) in [6.07, 6.45) is 3.14. The second kappa shape index (κ2) is 6.24. The molecular weight excluding hydrogens is 351 g/mol. The van der Waals surface area contributed by atoms with Crippen molar-refractivity contribution in [3.05, 3.63) is 65.7 Å². The third kappa shape index (κ3) is 3.04. The van der Waals surface area contributed by atoms with E-state index in [0.717, 1.165) is 27.5 Å². The van der Waals surface area contributed by atoms with Gasteiger partial charge in [0.05, 0.1) is 25.5 Å². The van der Waals surface area contributed by atoms with Crippen LogP contribution in [-0.2, 0) is 0 Å². The van der Waals surface area contributed by atoms with Gasteiger partial charge < -0.3 is 0 Å². The monoisotopic (exact) mass is 374 g/mol. The fraction of sp³-hybridized carbons (Fsp3) is 0.217. The van der Waals surface area contributed by atoms with Crippen molar-refractivity contribution in [3.63, 3.8) is 0 Å². The normalized spacial score (nSPS) is 12.1. The van der Waals surface area contributed by atoms with Crippen LogP contribution in [0.1, 0.15) is 11.1 Å². The molecule has 0 unspecified atom stereocenters. The van der Waals surface area contributed by atoms with Gasteiger partial charge in [0.15, 0.2) is 0 Å². The van der Waals surface area contributed by atoms with Gasteiger partial charge in [0.2, 0.25) is 0 Å². The highest BCUT2D eigenvalue weighted by Crippen LogP contribution is 2.33. The van der Waals surface area contributed by atoms with Gasteiger partial charge in [-0.15, -0.1) is 0 Å². The summed E-state index contributed by atoms with van der Waals surface area (Å²) in [4.78, 5) is 9.21. The first-order chi connectivity index (χ1) is 12.8. The smallest absolute Gasteiger partial charge is 0.150 e. The summed E-state index contributed by atoms with van der Waals surface area (Å²) in [5.41, 5.74) is 5.03. The van der Waals surface area contributed by atoms with Gasteiger partial charge in [-0.2, -0.15) is 0 Å². The van der Waals surface area contributed by atoms with Crippen LogP contribution in [0, 0.1) is 19.7 Å². The number of halogens is 1. The average Bonchev–Trinajstić information content (AvgIpc) is 2.59. The molecule has 0 radical (unpaired) electrons. The van der Waals surface area contributed by atoms with Gasteiger partial charge in [0, 0.05) is 27.9 Å². The lowest BCUT2D eigenvalue weighted by atomic mass is 9.99. The molecule has 0 saturated heterocycles. The average molecular weight is 375 g/mol. The maximum absolute atomic E-state index is 14.9. The van der Waals surface area contributed by atoms with Crippen molar-refractivity contribution in [2.24, 2.45) is 0 Å². The Kier molecular flexibility index (Phi) is 4.11. The number of nitrogens with zero attached hydrogens (tertiary/aromatic N) is 2. The molecule has 4 rings (SSSR count). The van der Waals surface area contributed by atoms with Crippen LogP contribution in [0.4, 0.5) is 4.39 Å². The lowest BCUT2D eigenvalue weighted by molar-refractivity contribution is 0.635. The van der Waals surface area contributed by atoms with E-state index in [1.807, 2.05) is 12.1 Å². The minimum Gasteiger partial charge on any atom is -0.256 e. The van der Waals surface area contributed by atoms with Gasteiger partial charge in [-0.1, -0.05) is 55.0 Å². The fourth-order valence-electron chi connectivity index (χ4n) is 3.86. The van der Waals surface area contributed by atoms with Crippen LogP contribution < -0.4 is 5.19 Å². The highest BCUT2D eigenvalue weighted by molar-refractivity contribution is 6.90. The molecule has 2 heterocycles.